The summed E-state index contributed by atoms with van der Waals surface area (Å²) in [6.45, 7) is 1.02. The van der Waals surface area contributed by atoms with Crippen molar-refractivity contribution in [3.63, 3.8) is 0 Å². The van der Waals surface area contributed by atoms with Crippen molar-refractivity contribution in [2.45, 2.75) is 24.8 Å². The van der Waals surface area contributed by atoms with E-state index in [-0.39, 0.29) is 5.33 Å². The maximum atomic E-state index is 13.1. The Morgan fingerprint density at radius 2 is 2.45 bits per heavy atom. The first-order valence-electron chi connectivity index (χ1n) is 3.14. The highest BCUT2D eigenvalue weighted by Crippen LogP contribution is 2.30. The van der Waals surface area contributed by atoms with Gasteiger partial charge in [0.2, 0.25) is 5.67 Å². The zero-order chi connectivity index (χ0) is 8.65. The molecule has 0 aromatic carbocycles. The number of esters is 1. The fourth-order valence-electron chi connectivity index (χ4n) is 0.903. The van der Waals surface area contributed by atoms with Crippen molar-refractivity contribution in [1.82, 2.24) is 0 Å². The lowest BCUT2D eigenvalue weighted by Crippen LogP contribution is -2.39. The molecule has 0 bridgehead atoms. The van der Waals surface area contributed by atoms with Gasteiger partial charge in [0, 0.05) is 5.33 Å². The minimum Gasteiger partial charge on any atom is -0.456 e. The Morgan fingerprint density at radius 3 is 2.64 bits per heavy atom. The van der Waals surface area contributed by atoms with Crippen LogP contribution in [-0.4, -0.2) is 34.3 Å². The lowest BCUT2D eigenvalue weighted by molar-refractivity contribution is -0.149. The summed E-state index contributed by atoms with van der Waals surface area (Å²) in [4.78, 5) is 10.7. The van der Waals surface area contributed by atoms with Crippen LogP contribution in [0.25, 0.3) is 0 Å². The lowest BCUT2D eigenvalue weighted by atomic mass is 10.0. The quantitative estimate of drug-likeness (QED) is 0.520. The average molecular weight is 227 g/mol. The normalized spacial score (nSPS) is 44.2. The van der Waals surface area contributed by atoms with Crippen LogP contribution < -0.4 is 0 Å². The molecular formula is C6H8BrFO3. The number of halogens is 2. The molecular weight excluding hydrogens is 219 g/mol. The van der Waals surface area contributed by atoms with Gasteiger partial charge in [-0.15, -0.1) is 0 Å². The van der Waals surface area contributed by atoms with Gasteiger partial charge in [-0.1, -0.05) is 15.9 Å². The summed E-state index contributed by atoms with van der Waals surface area (Å²) in [5.74, 6) is -0.991. The maximum Gasteiger partial charge on any atom is 0.346 e. The number of hydrogen-bond acceptors (Lipinski definition) is 3. The summed E-state index contributed by atoms with van der Waals surface area (Å²) in [5.41, 5.74) is -2.25. The number of aliphatic hydroxyl groups excluding tert-OH is 1. The first-order valence-corrected chi connectivity index (χ1v) is 4.26. The van der Waals surface area contributed by atoms with Crippen LogP contribution in [0.15, 0.2) is 0 Å². The van der Waals surface area contributed by atoms with Crippen LogP contribution in [0.2, 0.25) is 0 Å². The first-order chi connectivity index (χ1) is 5.00. The minimum absolute atomic E-state index is 0.249. The molecule has 3 atom stereocenters. The summed E-state index contributed by atoms with van der Waals surface area (Å²) in [6, 6.07) is 0. The third-order valence-electron chi connectivity index (χ3n) is 1.72. The van der Waals surface area contributed by atoms with Gasteiger partial charge in [0.15, 0.2) is 0 Å². The molecule has 1 N–H and O–H groups in total. The van der Waals surface area contributed by atoms with E-state index in [9.17, 15) is 9.18 Å². The smallest absolute Gasteiger partial charge is 0.346 e. The van der Waals surface area contributed by atoms with E-state index in [4.69, 9.17) is 5.11 Å². The second-order valence-corrected chi connectivity index (χ2v) is 3.27. The van der Waals surface area contributed by atoms with Crippen LogP contribution in [0.1, 0.15) is 6.92 Å². The zero-order valence-electron chi connectivity index (χ0n) is 5.88. The maximum absolute atomic E-state index is 13.1. The van der Waals surface area contributed by atoms with Gasteiger partial charge in [-0.05, 0) is 6.92 Å². The van der Waals surface area contributed by atoms with E-state index in [1.54, 1.807) is 0 Å². The molecule has 1 rings (SSSR count). The predicted octanol–water partition coefficient (Wildman–Crippen LogP) is 0.396. The van der Waals surface area contributed by atoms with Crippen molar-refractivity contribution in [2.75, 3.05) is 5.33 Å². The molecule has 0 aromatic rings. The van der Waals surface area contributed by atoms with Gasteiger partial charge in [0.05, 0.1) is 0 Å². The number of alkyl halides is 2. The standard InChI is InChI=1S/C6H8BrFO3/c1-6(8)4(9)3(2-7)11-5(6)10/h3-4,9H,2H2,1H3/t3-,4+,6+/m0/s1. The monoisotopic (exact) mass is 226 g/mol. The summed E-state index contributed by atoms with van der Waals surface area (Å²) < 4.78 is 17.6. The van der Waals surface area contributed by atoms with Crippen LogP contribution in [0.5, 0.6) is 0 Å². The van der Waals surface area contributed by atoms with Gasteiger partial charge in [0.1, 0.15) is 12.2 Å². The highest BCUT2D eigenvalue weighted by Gasteiger charge is 2.54. The summed E-state index contributed by atoms with van der Waals surface area (Å²) in [6.07, 6.45) is -2.13. The van der Waals surface area contributed by atoms with Crippen LogP contribution in [0.3, 0.4) is 0 Å². The van der Waals surface area contributed by atoms with E-state index in [1.165, 1.54) is 0 Å². The number of rotatable bonds is 1. The van der Waals surface area contributed by atoms with Crippen molar-refractivity contribution in [1.29, 1.82) is 0 Å². The van der Waals surface area contributed by atoms with E-state index in [2.05, 4.69) is 20.7 Å². The highest BCUT2D eigenvalue weighted by molar-refractivity contribution is 9.09. The van der Waals surface area contributed by atoms with Crippen LogP contribution in [0.4, 0.5) is 4.39 Å². The molecule has 0 amide bonds. The van der Waals surface area contributed by atoms with Gasteiger partial charge in [0.25, 0.3) is 0 Å². The molecule has 1 aliphatic rings. The summed E-state index contributed by atoms with van der Waals surface area (Å²) in [7, 11) is 0. The van der Waals surface area contributed by atoms with Crippen LogP contribution in [0, 0.1) is 0 Å². The van der Waals surface area contributed by atoms with Crippen molar-refractivity contribution < 1.29 is 19.0 Å². The van der Waals surface area contributed by atoms with Gasteiger partial charge in [-0.2, -0.15) is 0 Å². The highest BCUT2D eigenvalue weighted by atomic mass is 79.9. The van der Waals surface area contributed by atoms with E-state index >= 15 is 0 Å². The molecule has 0 spiro atoms. The van der Waals surface area contributed by atoms with Crippen LogP contribution >= 0.6 is 15.9 Å². The van der Waals surface area contributed by atoms with Gasteiger partial charge in [-0.25, -0.2) is 9.18 Å². The Kier molecular flexibility index (Phi) is 2.20. The third kappa shape index (κ3) is 1.27. The Morgan fingerprint density at radius 1 is 1.91 bits per heavy atom. The molecule has 0 aromatic heterocycles. The molecule has 1 saturated heterocycles. The molecule has 0 saturated carbocycles. The Balaban J connectivity index is 2.80. The van der Waals surface area contributed by atoms with Gasteiger partial charge >= 0.3 is 5.97 Å². The van der Waals surface area contributed by atoms with E-state index in [0.717, 1.165) is 6.92 Å². The van der Waals surface area contributed by atoms with Gasteiger partial charge < -0.3 is 9.84 Å². The van der Waals surface area contributed by atoms with E-state index < -0.39 is 23.8 Å². The number of hydrogen-bond donors (Lipinski definition) is 1. The molecule has 1 fully saturated rings. The second kappa shape index (κ2) is 2.71. The van der Waals surface area contributed by atoms with Crippen molar-refractivity contribution in [3.8, 4) is 0 Å². The zero-order valence-corrected chi connectivity index (χ0v) is 7.47. The first kappa shape index (κ1) is 8.93. The topological polar surface area (TPSA) is 46.5 Å². The van der Waals surface area contributed by atoms with Crippen molar-refractivity contribution in [3.05, 3.63) is 0 Å². The Hall–Kier alpha value is -0.160. The Labute approximate surface area is 71.7 Å². The van der Waals surface area contributed by atoms with Gasteiger partial charge in [-0.3, -0.25) is 0 Å². The third-order valence-corrected chi connectivity index (χ3v) is 2.36. The predicted molar refractivity (Wildman–Crippen MR) is 39.2 cm³/mol. The lowest BCUT2D eigenvalue weighted by Gasteiger charge is -2.14. The van der Waals surface area contributed by atoms with E-state index in [1.807, 2.05) is 0 Å². The minimum atomic E-state index is -2.25. The number of ether oxygens (including phenoxy) is 1. The summed E-state index contributed by atoms with van der Waals surface area (Å²) in [5, 5.41) is 9.39. The molecule has 64 valence electrons. The van der Waals surface area contributed by atoms with Crippen molar-refractivity contribution >= 4 is 21.9 Å². The Bertz CT molecular complexity index is 183. The van der Waals surface area contributed by atoms with Crippen LogP contribution in [-0.2, 0) is 9.53 Å². The van der Waals surface area contributed by atoms with Crippen molar-refractivity contribution in [2.24, 2.45) is 0 Å². The SMILES string of the molecule is C[C@]1(F)C(=O)O[C@@H](CBr)[C@H]1O. The molecule has 3 nitrogen and oxygen atoms in total. The number of cyclic esters (lactones) is 1. The molecule has 0 unspecified atom stereocenters. The summed E-state index contributed by atoms with van der Waals surface area (Å²) >= 11 is 2.99. The second-order valence-electron chi connectivity index (χ2n) is 2.62. The molecule has 1 aliphatic heterocycles. The number of carbonyl (C=O) groups is 1. The molecule has 0 aliphatic carbocycles. The molecule has 0 radical (unpaired) electrons. The fraction of sp³-hybridized carbons (Fsp3) is 0.833. The largest absolute Gasteiger partial charge is 0.456 e. The fourth-order valence-corrected chi connectivity index (χ4v) is 1.39. The number of aliphatic hydroxyl groups is 1. The number of carbonyl (C=O) groups excluding carboxylic acids is 1. The molecule has 5 heteroatoms. The molecule has 11 heavy (non-hydrogen) atoms. The molecule has 1 heterocycles. The average Bonchev–Trinajstić information content (AvgIpc) is 2.14. The van der Waals surface area contributed by atoms with E-state index in [0.29, 0.717) is 0 Å².